The highest BCUT2D eigenvalue weighted by Crippen LogP contribution is 2.37. The molecule has 0 saturated carbocycles. The van der Waals surface area contributed by atoms with Gasteiger partial charge >= 0.3 is 5.97 Å². The maximum Gasteiger partial charge on any atom is 0.337 e. The van der Waals surface area contributed by atoms with Gasteiger partial charge in [0.15, 0.2) is 0 Å². The molecule has 1 heterocycles. The van der Waals surface area contributed by atoms with E-state index in [0.29, 0.717) is 29.4 Å². The van der Waals surface area contributed by atoms with Crippen molar-refractivity contribution in [2.24, 2.45) is 11.6 Å². The molecule has 0 aliphatic carbocycles. The van der Waals surface area contributed by atoms with Crippen molar-refractivity contribution in [1.82, 2.24) is 5.01 Å². The van der Waals surface area contributed by atoms with Crippen LogP contribution in [0, 0.1) is 0 Å². The van der Waals surface area contributed by atoms with Crippen molar-refractivity contribution >= 4 is 34.6 Å². The normalized spacial score (nSPS) is 16.0. The van der Waals surface area contributed by atoms with Gasteiger partial charge in [-0.1, -0.05) is 11.6 Å². The molecule has 6 nitrogen and oxygen atoms in total. The van der Waals surface area contributed by atoms with Crippen molar-refractivity contribution in [1.29, 1.82) is 0 Å². The molecule has 0 aromatic heterocycles. The molecule has 0 atom stereocenters. The van der Waals surface area contributed by atoms with Gasteiger partial charge in [0.1, 0.15) is 0 Å². The van der Waals surface area contributed by atoms with Crippen LogP contribution < -0.4 is 16.5 Å². The number of ether oxygens (including phenoxy) is 1. The molecule has 2 aromatic carbocycles. The third-order valence-electron chi connectivity index (χ3n) is 4.33. The lowest BCUT2D eigenvalue weighted by molar-refractivity contribution is 0.0601. The van der Waals surface area contributed by atoms with E-state index in [2.05, 4.69) is 4.90 Å². The minimum Gasteiger partial charge on any atom is -0.465 e. The van der Waals surface area contributed by atoms with Gasteiger partial charge in [0.05, 0.1) is 30.6 Å². The van der Waals surface area contributed by atoms with Gasteiger partial charge in [-0.05, 0) is 49.4 Å². The van der Waals surface area contributed by atoms with Crippen LogP contribution in [-0.4, -0.2) is 31.2 Å². The van der Waals surface area contributed by atoms with Crippen LogP contribution in [0.2, 0.25) is 5.02 Å². The van der Waals surface area contributed by atoms with Gasteiger partial charge in [0.25, 0.3) is 0 Å². The largest absolute Gasteiger partial charge is 0.465 e. The van der Waals surface area contributed by atoms with E-state index >= 15 is 0 Å². The second kappa shape index (κ2) is 7.27. The Kier molecular flexibility index (Phi) is 5.06. The molecule has 0 saturated heterocycles. The number of nitrogens with zero attached hydrogens (tertiary/aromatic N) is 2. The van der Waals surface area contributed by atoms with Crippen LogP contribution in [0.5, 0.6) is 0 Å². The number of benzene rings is 2. The topological polar surface area (TPSA) is 84.8 Å². The lowest BCUT2D eigenvalue weighted by atomic mass is 10.0. The molecule has 0 amide bonds. The quantitative estimate of drug-likeness (QED) is 0.622. The number of methoxy groups -OCH3 is 1. The summed E-state index contributed by atoms with van der Waals surface area (Å²) in [6, 6.07) is 12.9. The van der Waals surface area contributed by atoms with Crippen LogP contribution in [0.3, 0.4) is 0 Å². The molecule has 1 aliphatic heterocycles. The van der Waals surface area contributed by atoms with E-state index in [1.165, 1.54) is 7.11 Å². The van der Waals surface area contributed by atoms with Crippen molar-refractivity contribution in [2.45, 2.75) is 6.92 Å². The van der Waals surface area contributed by atoms with Gasteiger partial charge in [0, 0.05) is 28.5 Å². The molecule has 0 spiro atoms. The number of esters is 1. The highest BCUT2D eigenvalue weighted by molar-refractivity contribution is 6.30. The summed E-state index contributed by atoms with van der Waals surface area (Å²) in [5, 5.41) is 2.30. The van der Waals surface area contributed by atoms with E-state index in [1.54, 1.807) is 17.1 Å². The van der Waals surface area contributed by atoms with Crippen LogP contribution in [0.4, 0.5) is 11.4 Å². The fourth-order valence-corrected chi connectivity index (χ4v) is 3.25. The van der Waals surface area contributed by atoms with Crippen molar-refractivity contribution in [3.05, 3.63) is 64.3 Å². The molecule has 1 aliphatic rings. The molecule has 7 heteroatoms. The zero-order chi connectivity index (χ0) is 18.8. The molecular weight excluding hydrogens is 352 g/mol. The summed E-state index contributed by atoms with van der Waals surface area (Å²) in [6.07, 6.45) is 0. The lowest BCUT2D eigenvalue weighted by Gasteiger charge is -2.25. The first-order valence-corrected chi connectivity index (χ1v) is 8.54. The Morgan fingerprint density at radius 3 is 2.46 bits per heavy atom. The Hall–Kier alpha value is -2.70. The van der Waals surface area contributed by atoms with Crippen LogP contribution in [0.15, 0.2) is 48.2 Å². The van der Waals surface area contributed by atoms with Crippen molar-refractivity contribution in [3.8, 4) is 0 Å². The lowest BCUT2D eigenvalue weighted by Crippen LogP contribution is -2.34. The summed E-state index contributed by atoms with van der Waals surface area (Å²) in [5.74, 6) is 5.84. The van der Waals surface area contributed by atoms with Crippen molar-refractivity contribution in [2.75, 3.05) is 25.1 Å². The second-order valence-electron chi connectivity index (χ2n) is 6.08. The first-order valence-electron chi connectivity index (χ1n) is 8.17. The monoisotopic (exact) mass is 372 g/mol. The zero-order valence-electron chi connectivity index (χ0n) is 14.7. The maximum absolute atomic E-state index is 12.0. The highest BCUT2D eigenvalue weighted by Gasteiger charge is 2.25. The predicted molar refractivity (Wildman–Crippen MR) is 104 cm³/mol. The molecule has 2 aromatic rings. The van der Waals surface area contributed by atoms with Crippen LogP contribution in [0.1, 0.15) is 22.8 Å². The third kappa shape index (κ3) is 3.34. The van der Waals surface area contributed by atoms with E-state index in [4.69, 9.17) is 27.9 Å². The van der Waals surface area contributed by atoms with Gasteiger partial charge in [-0.3, -0.25) is 0 Å². The average molecular weight is 373 g/mol. The summed E-state index contributed by atoms with van der Waals surface area (Å²) in [5.41, 5.74) is 10.6. The smallest absolute Gasteiger partial charge is 0.337 e. The summed E-state index contributed by atoms with van der Waals surface area (Å²) in [6.45, 7) is 2.99. The van der Waals surface area contributed by atoms with Crippen LogP contribution in [-0.2, 0) is 4.74 Å². The van der Waals surface area contributed by atoms with E-state index in [0.717, 1.165) is 22.6 Å². The summed E-state index contributed by atoms with van der Waals surface area (Å²) in [4.78, 5) is 14.1. The number of hydrogen-bond acceptors (Lipinski definition) is 6. The van der Waals surface area contributed by atoms with Gasteiger partial charge < -0.3 is 20.4 Å². The molecule has 136 valence electrons. The first kappa shape index (κ1) is 18.1. The van der Waals surface area contributed by atoms with Crippen molar-refractivity contribution < 1.29 is 9.53 Å². The SMILES string of the molecule is COC(=O)c1ccc2c(c1)N(c1ccc(Cl)cc1)CCN(N)/C2=C(/C)N. The van der Waals surface area contributed by atoms with Crippen molar-refractivity contribution in [3.63, 3.8) is 0 Å². The molecule has 26 heavy (non-hydrogen) atoms. The number of hydrazine groups is 1. The second-order valence-corrected chi connectivity index (χ2v) is 6.51. The number of halogens is 1. The fraction of sp³-hybridized carbons (Fsp3) is 0.211. The summed E-state index contributed by atoms with van der Waals surface area (Å²) >= 11 is 6.02. The summed E-state index contributed by atoms with van der Waals surface area (Å²) < 4.78 is 4.86. The minimum absolute atomic E-state index is 0.396. The zero-order valence-corrected chi connectivity index (χ0v) is 15.5. The van der Waals surface area contributed by atoms with E-state index in [-0.39, 0.29) is 0 Å². The van der Waals surface area contributed by atoms with Gasteiger partial charge in [-0.15, -0.1) is 0 Å². The molecule has 0 fully saturated rings. The Balaban J connectivity index is 2.22. The number of carbonyl (C=O) groups is 1. The molecule has 0 bridgehead atoms. The third-order valence-corrected chi connectivity index (χ3v) is 4.58. The fourth-order valence-electron chi connectivity index (χ4n) is 3.12. The minimum atomic E-state index is -0.396. The standard InChI is InChI=1S/C19H21ClN4O2/c1-12(21)18-16-8-3-13(19(25)26-2)11-17(16)23(9-10-24(18)22)15-6-4-14(20)5-7-15/h3-8,11H,9-10,21-22H2,1-2H3/b18-12-. The van der Waals surface area contributed by atoms with E-state index < -0.39 is 5.97 Å². The number of fused-ring (bicyclic) bond motifs is 1. The molecule has 3 rings (SSSR count). The van der Waals surface area contributed by atoms with Gasteiger partial charge in [-0.2, -0.15) is 0 Å². The van der Waals surface area contributed by atoms with Gasteiger partial charge in [0.2, 0.25) is 0 Å². The number of anilines is 2. The molecule has 0 unspecified atom stereocenters. The number of hydrogen-bond donors (Lipinski definition) is 2. The molecule has 4 N–H and O–H groups in total. The van der Waals surface area contributed by atoms with Crippen LogP contribution in [0.25, 0.3) is 5.70 Å². The first-order chi connectivity index (χ1) is 12.4. The number of rotatable bonds is 2. The Morgan fingerprint density at radius 2 is 1.85 bits per heavy atom. The summed E-state index contributed by atoms with van der Waals surface area (Å²) in [7, 11) is 1.36. The van der Waals surface area contributed by atoms with Gasteiger partial charge in [-0.25, -0.2) is 10.6 Å². The molecular formula is C19H21ClN4O2. The highest BCUT2D eigenvalue weighted by atomic mass is 35.5. The Bertz CT molecular complexity index is 860. The number of nitrogens with two attached hydrogens (primary N) is 2. The Labute approximate surface area is 157 Å². The Morgan fingerprint density at radius 1 is 1.15 bits per heavy atom. The maximum atomic E-state index is 12.0. The average Bonchev–Trinajstić information content (AvgIpc) is 2.77. The predicted octanol–water partition coefficient (Wildman–Crippen LogP) is 3.10. The van der Waals surface area contributed by atoms with E-state index in [1.807, 2.05) is 37.3 Å². The van der Waals surface area contributed by atoms with Crippen LogP contribution >= 0.6 is 11.6 Å². The number of allylic oxidation sites excluding steroid dienone is 1. The van der Waals surface area contributed by atoms with E-state index in [9.17, 15) is 4.79 Å². The molecule has 0 radical (unpaired) electrons. The number of carbonyl (C=O) groups excluding carboxylic acids is 1.